The molecule has 0 aliphatic rings. The normalized spacial score (nSPS) is 8.00. The number of rotatable bonds is 2. The molecule has 0 bridgehead atoms. The molecule has 1 amide bonds. The molecule has 0 rings (SSSR count). The molecule has 46 valence electrons. The third kappa shape index (κ3) is 4.74. The minimum absolute atomic E-state index is 0.657. The lowest BCUT2D eigenvalue weighted by molar-refractivity contribution is -0.303. The fraction of sp³-hybridized carbons (Fsp3) is 0.333. The maximum atomic E-state index is 9.50. The van der Waals surface area contributed by atoms with Crippen LogP contribution in [0.2, 0.25) is 0 Å². The van der Waals surface area contributed by atoms with E-state index in [0.717, 1.165) is 0 Å². The molecule has 0 saturated carbocycles. The van der Waals surface area contributed by atoms with Crippen molar-refractivity contribution < 1.29 is 19.8 Å². The molecule has 0 aliphatic carbocycles. The van der Waals surface area contributed by atoms with Crippen LogP contribution < -0.4 is 10.4 Å². The van der Waals surface area contributed by atoms with E-state index in [1.807, 2.05) is 0 Å². The Labute approximate surface area is 44.9 Å². The van der Waals surface area contributed by atoms with Gasteiger partial charge in [-0.15, -0.1) is 0 Å². The number of nitrogens with one attached hydrogen (secondary N) is 1. The van der Waals surface area contributed by atoms with Gasteiger partial charge in [-0.3, -0.25) is 0 Å². The third-order valence-electron chi connectivity index (χ3n) is 0.384. The summed E-state index contributed by atoms with van der Waals surface area (Å²) >= 11 is 0. The van der Waals surface area contributed by atoms with Crippen molar-refractivity contribution in [2.75, 3.05) is 6.54 Å². The third-order valence-corrected chi connectivity index (χ3v) is 0.384. The van der Waals surface area contributed by atoms with Crippen LogP contribution in [0.3, 0.4) is 0 Å². The Hall–Kier alpha value is -1.26. The molecule has 0 heterocycles. The predicted octanol–water partition coefficient (Wildman–Crippen LogP) is -2.00. The molecule has 5 nitrogen and oxygen atoms in total. The molecular formula is C3H4NO4-. The van der Waals surface area contributed by atoms with Gasteiger partial charge in [0.25, 0.3) is 0 Å². The molecule has 2 N–H and O–H groups in total. The number of aliphatic carboxylic acids is 1. The lowest BCUT2D eigenvalue weighted by Crippen LogP contribution is -2.36. The molecule has 0 unspecified atom stereocenters. The quantitative estimate of drug-likeness (QED) is 0.439. The monoisotopic (exact) mass is 118 g/mol. The van der Waals surface area contributed by atoms with Gasteiger partial charge < -0.3 is 20.3 Å². The van der Waals surface area contributed by atoms with Crippen molar-refractivity contribution in [1.82, 2.24) is 5.32 Å². The van der Waals surface area contributed by atoms with Crippen LogP contribution >= 0.6 is 0 Å². The first-order valence-electron chi connectivity index (χ1n) is 1.79. The van der Waals surface area contributed by atoms with Crippen LogP contribution in [0.4, 0.5) is 4.79 Å². The van der Waals surface area contributed by atoms with Crippen LogP contribution in [-0.4, -0.2) is 23.7 Å². The summed E-state index contributed by atoms with van der Waals surface area (Å²) in [5, 5.41) is 18.8. The van der Waals surface area contributed by atoms with Gasteiger partial charge in [0.05, 0.1) is 12.5 Å². The van der Waals surface area contributed by atoms with E-state index in [1.165, 1.54) is 0 Å². The fourth-order valence-corrected chi connectivity index (χ4v) is 0.148. The molecule has 0 saturated heterocycles. The molecule has 0 radical (unpaired) electrons. The smallest absolute Gasteiger partial charge is 0.404 e. The zero-order valence-corrected chi connectivity index (χ0v) is 3.88. The highest BCUT2D eigenvalue weighted by Crippen LogP contribution is 1.57. The average Bonchev–Trinajstić information content (AvgIpc) is 1.61. The Morgan fingerprint density at radius 3 is 2.25 bits per heavy atom. The van der Waals surface area contributed by atoms with Gasteiger partial charge in [-0.05, 0) is 0 Å². The summed E-state index contributed by atoms with van der Waals surface area (Å²) in [6.07, 6.45) is -1.37. The largest absolute Gasteiger partial charge is 0.548 e. The van der Waals surface area contributed by atoms with E-state index >= 15 is 0 Å². The van der Waals surface area contributed by atoms with Crippen LogP contribution in [0.1, 0.15) is 0 Å². The summed E-state index contributed by atoms with van der Waals surface area (Å²) in [4.78, 5) is 19.0. The fourth-order valence-electron chi connectivity index (χ4n) is 0.148. The van der Waals surface area contributed by atoms with Crippen molar-refractivity contribution in [3.05, 3.63) is 0 Å². The Bertz CT molecular complexity index is 95.9. The standard InChI is InChI=1S/C3H5NO4/c5-2(6)1-4-3(7)8/h4H,1H2,(H,5,6)(H,7,8)/p-1. The van der Waals surface area contributed by atoms with E-state index in [4.69, 9.17) is 5.11 Å². The lowest BCUT2D eigenvalue weighted by Gasteiger charge is -1.98. The van der Waals surface area contributed by atoms with Gasteiger partial charge in [-0.25, -0.2) is 4.79 Å². The number of carboxylic acid groups (broad SMARTS) is 2. The first kappa shape index (κ1) is 6.74. The average molecular weight is 118 g/mol. The number of amides is 1. The second kappa shape index (κ2) is 2.84. The van der Waals surface area contributed by atoms with Crippen molar-refractivity contribution in [1.29, 1.82) is 0 Å². The Balaban J connectivity index is 3.18. The molecule has 0 fully saturated rings. The highest BCUT2D eigenvalue weighted by molar-refractivity contribution is 5.73. The van der Waals surface area contributed by atoms with E-state index in [9.17, 15) is 14.7 Å². The van der Waals surface area contributed by atoms with Crippen LogP contribution in [-0.2, 0) is 4.79 Å². The van der Waals surface area contributed by atoms with E-state index in [2.05, 4.69) is 0 Å². The summed E-state index contributed by atoms with van der Waals surface area (Å²) in [5.74, 6) is -1.44. The Kier molecular flexibility index (Phi) is 2.39. The first-order chi connectivity index (χ1) is 3.63. The molecule has 0 aromatic heterocycles. The van der Waals surface area contributed by atoms with Gasteiger partial charge >= 0.3 is 6.09 Å². The van der Waals surface area contributed by atoms with E-state index < -0.39 is 18.6 Å². The topological polar surface area (TPSA) is 89.5 Å². The molecule has 5 heteroatoms. The zero-order chi connectivity index (χ0) is 6.57. The van der Waals surface area contributed by atoms with Crippen molar-refractivity contribution in [2.24, 2.45) is 0 Å². The van der Waals surface area contributed by atoms with Gasteiger partial charge in [-0.2, -0.15) is 0 Å². The van der Waals surface area contributed by atoms with Crippen LogP contribution in [0.25, 0.3) is 0 Å². The molecule has 8 heavy (non-hydrogen) atoms. The molecule has 0 spiro atoms. The molecule has 0 atom stereocenters. The number of carboxylic acids is 1. The van der Waals surface area contributed by atoms with Crippen molar-refractivity contribution in [2.45, 2.75) is 0 Å². The Morgan fingerprint density at radius 1 is 1.62 bits per heavy atom. The highest BCUT2D eigenvalue weighted by Gasteiger charge is 1.89. The Morgan fingerprint density at radius 2 is 2.12 bits per heavy atom. The summed E-state index contributed by atoms with van der Waals surface area (Å²) in [6, 6.07) is 0. The number of hydrogen-bond acceptors (Lipinski definition) is 3. The maximum Gasteiger partial charge on any atom is 0.404 e. The molecule has 0 aliphatic heterocycles. The first-order valence-corrected chi connectivity index (χ1v) is 1.79. The summed E-state index contributed by atoms with van der Waals surface area (Å²) in [7, 11) is 0. The predicted molar refractivity (Wildman–Crippen MR) is 21.0 cm³/mol. The van der Waals surface area contributed by atoms with Gasteiger partial charge in [0.15, 0.2) is 0 Å². The van der Waals surface area contributed by atoms with Crippen LogP contribution in [0.15, 0.2) is 0 Å². The van der Waals surface area contributed by atoms with Crippen molar-refractivity contribution >= 4 is 12.1 Å². The van der Waals surface area contributed by atoms with Gasteiger partial charge in [0.1, 0.15) is 0 Å². The summed E-state index contributed by atoms with van der Waals surface area (Å²) < 4.78 is 0. The minimum Gasteiger partial charge on any atom is -0.548 e. The van der Waals surface area contributed by atoms with E-state index in [1.54, 1.807) is 5.32 Å². The SMILES string of the molecule is O=C([O-])CNC(=O)O. The second-order valence-electron chi connectivity index (χ2n) is 1.03. The van der Waals surface area contributed by atoms with Gasteiger partial charge in [-0.1, -0.05) is 0 Å². The van der Waals surface area contributed by atoms with Crippen LogP contribution in [0, 0.1) is 0 Å². The maximum absolute atomic E-state index is 9.50. The van der Waals surface area contributed by atoms with E-state index in [-0.39, 0.29) is 0 Å². The summed E-state index contributed by atoms with van der Waals surface area (Å²) in [6.45, 7) is -0.657. The number of carbonyl (C=O) groups excluding carboxylic acids is 1. The van der Waals surface area contributed by atoms with Crippen LogP contribution in [0.5, 0.6) is 0 Å². The van der Waals surface area contributed by atoms with Crippen molar-refractivity contribution in [3.63, 3.8) is 0 Å². The minimum atomic E-state index is -1.44. The second-order valence-corrected chi connectivity index (χ2v) is 1.03. The molecule has 0 aromatic carbocycles. The number of hydrogen-bond donors (Lipinski definition) is 2. The molecule has 0 aromatic rings. The van der Waals surface area contributed by atoms with E-state index in [0.29, 0.717) is 0 Å². The van der Waals surface area contributed by atoms with Crippen molar-refractivity contribution in [3.8, 4) is 0 Å². The van der Waals surface area contributed by atoms with Gasteiger partial charge in [0.2, 0.25) is 0 Å². The summed E-state index contributed by atoms with van der Waals surface area (Å²) in [5.41, 5.74) is 0. The van der Waals surface area contributed by atoms with Gasteiger partial charge in [0, 0.05) is 0 Å². The zero-order valence-electron chi connectivity index (χ0n) is 3.88. The molecular weight excluding hydrogens is 114 g/mol. The lowest BCUT2D eigenvalue weighted by atomic mass is 10.7. The number of carbonyl (C=O) groups is 2. The highest BCUT2D eigenvalue weighted by atomic mass is 16.4.